The molecule has 1 aliphatic heterocycles. The number of nitrogens with one attached hydrogen (secondary N) is 1. The smallest absolute Gasteiger partial charge is 0.229 e. The summed E-state index contributed by atoms with van der Waals surface area (Å²) in [5.74, 6) is 1.67. The van der Waals surface area contributed by atoms with E-state index >= 15 is 0 Å². The number of ether oxygens (including phenoxy) is 3. The van der Waals surface area contributed by atoms with Crippen molar-refractivity contribution < 1.29 is 14.2 Å². The van der Waals surface area contributed by atoms with Crippen LogP contribution in [-0.4, -0.2) is 18.9 Å². The number of rotatable bonds is 7. The maximum atomic E-state index is 5.77. The highest BCUT2D eigenvalue weighted by molar-refractivity contribution is 5.50. The second-order valence-electron chi connectivity index (χ2n) is 6.03. The lowest BCUT2D eigenvalue weighted by molar-refractivity contribution is 0.0764. The first kappa shape index (κ1) is 16.2. The fourth-order valence-corrected chi connectivity index (χ4v) is 2.64. The third-order valence-electron chi connectivity index (χ3n) is 3.67. The molecule has 2 aromatic carbocycles. The summed E-state index contributed by atoms with van der Waals surface area (Å²) in [6.45, 7) is 4.32. The van der Waals surface area contributed by atoms with E-state index in [2.05, 4.69) is 17.4 Å². The van der Waals surface area contributed by atoms with Crippen LogP contribution in [0.3, 0.4) is 0 Å². The van der Waals surface area contributed by atoms with Gasteiger partial charge in [0.25, 0.3) is 0 Å². The van der Waals surface area contributed by atoms with Crippen LogP contribution in [0.15, 0.2) is 66.6 Å². The topological polar surface area (TPSA) is 39.7 Å². The first-order valence-electron chi connectivity index (χ1n) is 8.22. The molecule has 1 N–H and O–H groups in total. The SMILES string of the molecule is CC(C)Oc1cccc(NC(Cc2ccccc2)C2=COCO2)c1. The molecule has 0 fully saturated rings. The minimum Gasteiger partial charge on any atom is -0.491 e. The average molecular weight is 325 g/mol. The molecule has 3 rings (SSSR count). The number of benzene rings is 2. The Hall–Kier alpha value is -2.62. The molecule has 0 spiro atoms. The van der Waals surface area contributed by atoms with Gasteiger partial charge in [0.1, 0.15) is 12.0 Å². The van der Waals surface area contributed by atoms with Crippen molar-refractivity contribution in [1.82, 2.24) is 0 Å². The molecule has 1 aliphatic rings. The van der Waals surface area contributed by atoms with E-state index in [1.54, 1.807) is 6.26 Å². The molecule has 4 heteroatoms. The zero-order chi connectivity index (χ0) is 16.8. The molecular weight excluding hydrogens is 302 g/mol. The Kier molecular flexibility index (Phi) is 5.26. The summed E-state index contributed by atoms with van der Waals surface area (Å²) < 4.78 is 16.6. The Morgan fingerprint density at radius 2 is 1.92 bits per heavy atom. The van der Waals surface area contributed by atoms with Gasteiger partial charge < -0.3 is 19.5 Å². The molecule has 0 amide bonds. The minimum absolute atomic E-state index is 0.00389. The highest BCUT2D eigenvalue weighted by Crippen LogP contribution is 2.23. The molecule has 126 valence electrons. The van der Waals surface area contributed by atoms with Crippen LogP contribution < -0.4 is 10.1 Å². The molecule has 2 aromatic rings. The predicted octanol–water partition coefficient (Wildman–Crippen LogP) is 4.34. The molecule has 0 aromatic heterocycles. The highest BCUT2D eigenvalue weighted by Gasteiger charge is 2.20. The molecule has 0 bridgehead atoms. The summed E-state index contributed by atoms with van der Waals surface area (Å²) in [4.78, 5) is 0. The Morgan fingerprint density at radius 1 is 1.08 bits per heavy atom. The van der Waals surface area contributed by atoms with Crippen molar-refractivity contribution in [1.29, 1.82) is 0 Å². The molecule has 4 nitrogen and oxygen atoms in total. The van der Waals surface area contributed by atoms with Crippen LogP contribution in [0.5, 0.6) is 5.75 Å². The van der Waals surface area contributed by atoms with E-state index in [4.69, 9.17) is 14.2 Å². The van der Waals surface area contributed by atoms with E-state index in [1.165, 1.54) is 5.56 Å². The summed E-state index contributed by atoms with van der Waals surface area (Å²) in [5.41, 5.74) is 2.23. The van der Waals surface area contributed by atoms with Crippen LogP contribution in [0.2, 0.25) is 0 Å². The van der Waals surface area contributed by atoms with Crippen LogP contribution in [0.4, 0.5) is 5.69 Å². The van der Waals surface area contributed by atoms with Gasteiger partial charge in [0.15, 0.2) is 5.76 Å². The van der Waals surface area contributed by atoms with E-state index in [9.17, 15) is 0 Å². The summed E-state index contributed by atoms with van der Waals surface area (Å²) in [6, 6.07) is 18.3. The van der Waals surface area contributed by atoms with Gasteiger partial charge in [-0.1, -0.05) is 36.4 Å². The van der Waals surface area contributed by atoms with Gasteiger partial charge in [-0.2, -0.15) is 0 Å². The van der Waals surface area contributed by atoms with Gasteiger partial charge >= 0.3 is 0 Å². The summed E-state index contributed by atoms with van der Waals surface area (Å²) in [6.07, 6.45) is 2.65. The summed E-state index contributed by atoms with van der Waals surface area (Å²) in [5, 5.41) is 3.53. The van der Waals surface area contributed by atoms with Gasteiger partial charge in [-0.3, -0.25) is 0 Å². The third-order valence-corrected chi connectivity index (χ3v) is 3.67. The van der Waals surface area contributed by atoms with Crippen molar-refractivity contribution in [3.63, 3.8) is 0 Å². The lowest BCUT2D eigenvalue weighted by Crippen LogP contribution is -2.25. The largest absolute Gasteiger partial charge is 0.491 e. The van der Waals surface area contributed by atoms with Gasteiger partial charge in [-0.15, -0.1) is 0 Å². The number of anilines is 1. The summed E-state index contributed by atoms with van der Waals surface area (Å²) in [7, 11) is 0. The Bertz CT molecular complexity index is 682. The third kappa shape index (κ3) is 4.44. The molecule has 0 radical (unpaired) electrons. The van der Waals surface area contributed by atoms with Crippen molar-refractivity contribution >= 4 is 5.69 Å². The van der Waals surface area contributed by atoms with Crippen LogP contribution in [0.25, 0.3) is 0 Å². The molecular formula is C20H23NO3. The van der Waals surface area contributed by atoms with Crippen LogP contribution in [0, 0.1) is 0 Å². The Morgan fingerprint density at radius 3 is 2.62 bits per heavy atom. The number of hydrogen-bond acceptors (Lipinski definition) is 4. The maximum absolute atomic E-state index is 5.77. The van der Waals surface area contributed by atoms with E-state index in [1.807, 2.05) is 56.3 Å². The maximum Gasteiger partial charge on any atom is 0.229 e. The molecule has 1 heterocycles. The zero-order valence-electron chi connectivity index (χ0n) is 14.1. The lowest BCUT2D eigenvalue weighted by atomic mass is 10.0. The van der Waals surface area contributed by atoms with Crippen LogP contribution in [-0.2, 0) is 15.9 Å². The zero-order valence-corrected chi connectivity index (χ0v) is 14.1. The van der Waals surface area contributed by atoms with Crippen LogP contribution in [0.1, 0.15) is 19.4 Å². The first-order valence-corrected chi connectivity index (χ1v) is 8.22. The van der Waals surface area contributed by atoms with Gasteiger partial charge in [0, 0.05) is 11.8 Å². The van der Waals surface area contributed by atoms with Gasteiger partial charge in [-0.05, 0) is 38.0 Å². The van der Waals surface area contributed by atoms with Crippen molar-refractivity contribution in [3.05, 3.63) is 72.2 Å². The Balaban J connectivity index is 1.76. The molecule has 1 atom stereocenters. The van der Waals surface area contributed by atoms with E-state index < -0.39 is 0 Å². The second kappa shape index (κ2) is 7.77. The van der Waals surface area contributed by atoms with Gasteiger partial charge in [-0.25, -0.2) is 0 Å². The van der Waals surface area contributed by atoms with E-state index in [0.29, 0.717) is 0 Å². The van der Waals surface area contributed by atoms with Crippen molar-refractivity contribution in [2.24, 2.45) is 0 Å². The van der Waals surface area contributed by atoms with Gasteiger partial charge in [0.2, 0.25) is 6.79 Å². The lowest BCUT2D eigenvalue weighted by Gasteiger charge is -2.20. The first-order chi connectivity index (χ1) is 11.7. The minimum atomic E-state index is 0.00389. The molecule has 0 saturated carbocycles. The van der Waals surface area contributed by atoms with Crippen molar-refractivity contribution in [2.75, 3.05) is 12.1 Å². The second-order valence-corrected chi connectivity index (χ2v) is 6.03. The predicted molar refractivity (Wildman–Crippen MR) is 94.9 cm³/mol. The molecule has 0 saturated heterocycles. The molecule has 0 aliphatic carbocycles. The van der Waals surface area contributed by atoms with Crippen molar-refractivity contribution in [2.45, 2.75) is 32.4 Å². The average Bonchev–Trinajstić information content (AvgIpc) is 3.09. The quantitative estimate of drug-likeness (QED) is 0.822. The van der Waals surface area contributed by atoms with E-state index in [0.717, 1.165) is 23.6 Å². The number of hydrogen-bond donors (Lipinski definition) is 1. The molecule has 1 unspecified atom stereocenters. The Labute approximate surface area is 143 Å². The van der Waals surface area contributed by atoms with Crippen LogP contribution >= 0.6 is 0 Å². The monoisotopic (exact) mass is 325 g/mol. The fraction of sp³-hybridized carbons (Fsp3) is 0.300. The van der Waals surface area contributed by atoms with Crippen molar-refractivity contribution in [3.8, 4) is 5.75 Å². The summed E-state index contributed by atoms with van der Waals surface area (Å²) >= 11 is 0. The standard InChI is InChI=1S/C20H23NO3/c1-15(2)24-18-10-6-9-17(12-18)21-19(20-13-22-14-23-20)11-16-7-4-3-5-8-16/h3-10,12-13,15,19,21H,11,14H2,1-2H3. The highest BCUT2D eigenvalue weighted by atomic mass is 16.7. The molecule has 24 heavy (non-hydrogen) atoms. The normalized spacial score (nSPS) is 14.5. The fourth-order valence-electron chi connectivity index (χ4n) is 2.64. The van der Waals surface area contributed by atoms with E-state index in [-0.39, 0.29) is 18.9 Å². The van der Waals surface area contributed by atoms with Gasteiger partial charge in [0.05, 0.1) is 12.1 Å².